The van der Waals surface area contributed by atoms with Gasteiger partial charge in [0.05, 0.1) is 21.0 Å². The molecule has 232 valence electrons. The normalized spacial score (nSPS) is 11.8. The molecule has 0 aliphatic heterocycles. The van der Waals surface area contributed by atoms with Crippen molar-refractivity contribution in [2.24, 2.45) is 0 Å². The van der Waals surface area contributed by atoms with Crippen LogP contribution in [0.5, 0.6) is 0 Å². The maximum atomic E-state index is 12.2. The van der Waals surface area contributed by atoms with Gasteiger partial charge in [-0.25, -0.2) is 0 Å². The Kier molecular flexibility index (Phi) is 38.3. The number of phosphoric acid groups is 1. The van der Waals surface area contributed by atoms with Crippen LogP contribution in [0, 0.1) is 0 Å². The summed E-state index contributed by atoms with van der Waals surface area (Å²) < 4.78 is 31.2. The Morgan fingerprint density at radius 1 is 0.732 bits per heavy atom. The van der Waals surface area contributed by atoms with Gasteiger partial charge in [-0.2, -0.15) is 0 Å². The van der Waals surface area contributed by atoms with Crippen molar-refractivity contribution in [2.75, 3.05) is 33.2 Å². The first-order valence-corrected chi connectivity index (χ1v) is 16.5. The third kappa shape index (κ3) is 38.9. The molecule has 41 heavy (non-hydrogen) atoms. The number of ether oxygens (including phenoxy) is 3. The van der Waals surface area contributed by atoms with Crippen molar-refractivity contribution < 1.29 is 102 Å². The van der Waals surface area contributed by atoms with E-state index in [1.54, 1.807) is 0 Å². The predicted octanol–water partition coefficient (Wildman–Crippen LogP) is -1.08. The van der Waals surface area contributed by atoms with Crippen molar-refractivity contribution in [2.45, 2.75) is 136 Å². The van der Waals surface area contributed by atoms with Gasteiger partial charge in [0, 0.05) is 26.5 Å². The summed E-state index contributed by atoms with van der Waals surface area (Å²) in [4.78, 5) is 44.6. The van der Waals surface area contributed by atoms with Crippen LogP contribution in [0.15, 0.2) is 0 Å². The van der Waals surface area contributed by atoms with Gasteiger partial charge in [-0.3, -0.25) is 9.59 Å². The summed E-state index contributed by atoms with van der Waals surface area (Å²) >= 11 is 0. The number of carbonyl (C=O) groups is 2. The van der Waals surface area contributed by atoms with Crippen molar-refractivity contribution >= 4 is 19.7 Å². The molecule has 0 heterocycles. The van der Waals surface area contributed by atoms with Gasteiger partial charge < -0.3 is 38.4 Å². The Morgan fingerprint density at radius 3 is 1.78 bits per heavy atom. The minimum Gasteiger partial charge on any atom is -0.790 e. The molecule has 0 bridgehead atoms. The zero-order valence-corrected chi connectivity index (χ0v) is 31.4. The summed E-state index contributed by atoms with van der Waals surface area (Å²) in [6.07, 6.45) is 18.2. The van der Waals surface area contributed by atoms with Crippen LogP contribution in [-0.2, 0) is 32.9 Å². The van der Waals surface area contributed by atoms with E-state index in [4.69, 9.17) is 14.2 Å². The molecule has 0 aromatic carbocycles. The first kappa shape index (κ1) is 46.4. The third-order valence-corrected chi connectivity index (χ3v) is 6.73. The smallest absolute Gasteiger partial charge is 0.790 e. The van der Waals surface area contributed by atoms with Crippen LogP contribution in [-0.4, -0.2) is 51.1 Å². The second-order valence-electron chi connectivity index (χ2n) is 10.1. The van der Waals surface area contributed by atoms with Gasteiger partial charge >= 0.3 is 65.1 Å². The number of carbonyl (C=O) groups excluding carboxylic acids is 2. The van der Waals surface area contributed by atoms with Gasteiger partial charge in [0.25, 0.3) is 0 Å². The van der Waals surface area contributed by atoms with E-state index in [-0.39, 0.29) is 84.8 Å². The average molecular weight is 626 g/mol. The molecule has 0 fully saturated rings. The van der Waals surface area contributed by atoms with E-state index in [9.17, 15) is 23.9 Å². The van der Waals surface area contributed by atoms with Crippen molar-refractivity contribution in [1.82, 2.24) is 5.32 Å². The monoisotopic (exact) mass is 625 g/mol. The van der Waals surface area contributed by atoms with Gasteiger partial charge in [0.2, 0.25) is 5.91 Å². The first-order chi connectivity index (χ1) is 18.7. The largest absolute Gasteiger partial charge is 1.00 e. The number of unbranched alkanes of at least 4 members (excludes halogenated alkanes) is 15. The molecule has 13 heteroatoms. The van der Waals surface area contributed by atoms with E-state index >= 15 is 0 Å². The van der Waals surface area contributed by atoms with Crippen LogP contribution in [0.3, 0.4) is 0 Å². The maximum Gasteiger partial charge on any atom is 1.00 e. The summed E-state index contributed by atoms with van der Waals surface area (Å²) in [6, 6.07) is 0. The summed E-state index contributed by atoms with van der Waals surface area (Å²) in [5.41, 5.74) is 0. The Bertz CT molecular complexity index is 642. The van der Waals surface area contributed by atoms with E-state index in [2.05, 4.69) is 16.8 Å². The van der Waals surface area contributed by atoms with Gasteiger partial charge in [0.15, 0.2) is 0 Å². The van der Waals surface area contributed by atoms with E-state index < -0.39 is 26.5 Å². The molecule has 1 N–H and O–H groups in total. The molecule has 0 saturated carbocycles. The Labute approximate surface area is 293 Å². The van der Waals surface area contributed by atoms with Crippen LogP contribution >= 0.6 is 7.82 Å². The standard InChI is InChI=1S/C28H56NO9P.2Na/c1-3-4-5-6-7-8-11-14-17-20-28(31)38-27(24-37-39(32,33)34)23-36-25-35-22-19-16-13-10-9-12-15-18-21-29-26(2)30;;/h27H,3-25H2,1-2H3,(H,29,30)(H2,32,33,34);;/q;2*+1/p-2/t27-;;/m0../s1. The van der Waals surface area contributed by atoms with Crippen LogP contribution in [0.1, 0.15) is 129 Å². The summed E-state index contributed by atoms with van der Waals surface area (Å²) in [5, 5.41) is 2.80. The van der Waals surface area contributed by atoms with Gasteiger partial charge in [0.1, 0.15) is 12.9 Å². The minimum absolute atomic E-state index is 0. The number of amides is 1. The van der Waals surface area contributed by atoms with E-state index in [0.29, 0.717) is 13.0 Å². The number of nitrogens with one attached hydrogen (secondary N) is 1. The quantitative estimate of drug-likeness (QED) is 0.0361. The molecule has 0 aromatic heterocycles. The Hall–Kier alpha value is 0.970. The Morgan fingerprint density at radius 2 is 1.24 bits per heavy atom. The molecule has 0 spiro atoms. The second kappa shape index (κ2) is 33.9. The molecule has 0 rings (SSSR count). The maximum absolute atomic E-state index is 12.2. The number of rotatable bonds is 29. The fourth-order valence-corrected chi connectivity index (χ4v) is 4.42. The molecule has 0 unspecified atom stereocenters. The molecular formula is C28H54NNa2O9P. The fraction of sp³-hybridized carbons (Fsp3) is 0.929. The van der Waals surface area contributed by atoms with Crippen molar-refractivity contribution in [3.8, 4) is 0 Å². The molecule has 1 atom stereocenters. The summed E-state index contributed by atoms with van der Waals surface area (Å²) in [6.45, 7) is 4.31. The second-order valence-corrected chi connectivity index (χ2v) is 11.3. The summed E-state index contributed by atoms with van der Waals surface area (Å²) in [7, 11) is -5.18. The Balaban J connectivity index is -0.00000722. The average Bonchev–Trinajstić information content (AvgIpc) is 2.87. The zero-order chi connectivity index (χ0) is 29.0. The molecule has 0 aromatic rings. The van der Waals surface area contributed by atoms with Crippen LogP contribution in [0.2, 0.25) is 0 Å². The first-order valence-electron chi connectivity index (χ1n) is 15.0. The predicted molar refractivity (Wildman–Crippen MR) is 148 cm³/mol. The molecule has 1 amide bonds. The molecule has 0 radical (unpaired) electrons. The number of esters is 1. The fourth-order valence-electron chi connectivity index (χ4n) is 4.07. The molecule has 10 nitrogen and oxygen atoms in total. The van der Waals surface area contributed by atoms with Crippen molar-refractivity contribution in [3.05, 3.63) is 0 Å². The van der Waals surface area contributed by atoms with Gasteiger partial charge in [-0.15, -0.1) is 0 Å². The third-order valence-electron chi connectivity index (χ3n) is 6.26. The van der Waals surface area contributed by atoms with Crippen LogP contribution < -0.4 is 74.2 Å². The van der Waals surface area contributed by atoms with Gasteiger partial charge in [-0.1, -0.05) is 96.8 Å². The topological polar surface area (TPSA) is 146 Å². The van der Waals surface area contributed by atoms with E-state index in [1.807, 2.05) is 0 Å². The molecular weight excluding hydrogens is 571 g/mol. The van der Waals surface area contributed by atoms with Crippen molar-refractivity contribution in [1.29, 1.82) is 0 Å². The zero-order valence-electron chi connectivity index (χ0n) is 26.5. The molecule has 0 aliphatic rings. The number of hydrogen-bond donors (Lipinski definition) is 1. The van der Waals surface area contributed by atoms with Crippen LogP contribution in [0.4, 0.5) is 0 Å². The van der Waals surface area contributed by atoms with Crippen molar-refractivity contribution in [3.63, 3.8) is 0 Å². The number of hydrogen-bond acceptors (Lipinski definition) is 9. The number of phosphoric ester groups is 1. The van der Waals surface area contributed by atoms with E-state index in [0.717, 1.165) is 57.9 Å². The minimum atomic E-state index is -5.18. The summed E-state index contributed by atoms with van der Waals surface area (Å²) in [5.74, 6) is -0.440. The molecule has 0 aliphatic carbocycles. The van der Waals surface area contributed by atoms with Crippen LogP contribution in [0.25, 0.3) is 0 Å². The molecule has 0 saturated heterocycles. The SMILES string of the molecule is CCCCCCCCCCCC(=O)O[C@@H](COCOCCCCCCCCCCNC(C)=O)COP(=O)([O-])[O-].[Na+].[Na+]. The van der Waals surface area contributed by atoms with Gasteiger partial charge in [-0.05, 0) is 19.3 Å². The van der Waals surface area contributed by atoms with E-state index in [1.165, 1.54) is 58.3 Å².